The lowest BCUT2D eigenvalue weighted by molar-refractivity contribution is 0.384. The third-order valence-electron chi connectivity index (χ3n) is 6.14. The Bertz CT molecular complexity index is 1370. The minimum Gasteiger partial charge on any atom is -0.347 e. The smallest absolute Gasteiger partial charge is 0.324 e. The third kappa shape index (κ3) is 4.39. The van der Waals surface area contributed by atoms with Crippen LogP contribution in [0.25, 0.3) is 16.2 Å². The predicted octanol–water partition coefficient (Wildman–Crippen LogP) is 3.47. The first-order chi connectivity index (χ1) is 16.2. The monoisotopic (exact) mass is 501 g/mol. The van der Waals surface area contributed by atoms with Gasteiger partial charge in [-0.3, -0.25) is 0 Å². The van der Waals surface area contributed by atoms with Crippen molar-refractivity contribution < 1.29 is 12.9 Å². The molecule has 180 valence electrons. The third-order valence-corrected chi connectivity index (χ3v) is 8.28. The molecule has 0 aliphatic carbocycles. The van der Waals surface area contributed by atoms with Crippen molar-refractivity contribution in [3.8, 4) is 11.3 Å². The zero-order chi connectivity index (χ0) is 24.0. The summed E-state index contributed by atoms with van der Waals surface area (Å²) in [5.74, 6) is 0.989. The van der Waals surface area contributed by atoms with Crippen LogP contribution in [0.15, 0.2) is 39.9 Å². The molecule has 0 atom stereocenters. The Morgan fingerprint density at radius 1 is 1.15 bits per heavy atom. The number of benzene rings is 1. The van der Waals surface area contributed by atoms with Crippen LogP contribution in [0, 0.1) is 0 Å². The fourth-order valence-electron chi connectivity index (χ4n) is 4.03. The molecule has 0 N–H and O–H groups in total. The number of sulfone groups is 1. The van der Waals surface area contributed by atoms with E-state index in [1.165, 1.54) is 6.26 Å². The second-order valence-electron chi connectivity index (χ2n) is 8.95. The molecule has 4 aromatic rings. The fourth-order valence-corrected chi connectivity index (χ4v) is 5.58. The van der Waals surface area contributed by atoms with Crippen molar-refractivity contribution in [2.24, 2.45) is 0 Å². The van der Waals surface area contributed by atoms with Gasteiger partial charge in [-0.1, -0.05) is 42.5 Å². The second-order valence-corrected chi connectivity index (χ2v) is 11.9. The molecule has 0 unspecified atom stereocenters. The van der Waals surface area contributed by atoms with E-state index >= 15 is 0 Å². The SMILES string of the molecule is CC(C)c1noc(N2CCC(N(C)c3nn4cc(-c5ccc(S(C)(=O)=O)cc5)nc4s3)CC2)n1. The maximum atomic E-state index is 11.7. The van der Waals surface area contributed by atoms with Crippen molar-refractivity contribution in [3.63, 3.8) is 0 Å². The summed E-state index contributed by atoms with van der Waals surface area (Å²) in [5, 5.41) is 9.73. The molecule has 5 rings (SSSR count). The lowest BCUT2D eigenvalue weighted by Gasteiger charge is -2.35. The molecule has 0 amide bonds. The van der Waals surface area contributed by atoms with Crippen molar-refractivity contribution in [2.75, 3.05) is 36.2 Å². The average Bonchev–Trinajstić information content (AvgIpc) is 3.53. The van der Waals surface area contributed by atoms with E-state index in [4.69, 9.17) is 14.6 Å². The molecule has 1 aromatic carbocycles. The maximum Gasteiger partial charge on any atom is 0.324 e. The zero-order valence-electron chi connectivity index (χ0n) is 19.5. The topological polar surface area (TPSA) is 110 Å². The van der Waals surface area contributed by atoms with E-state index in [-0.39, 0.29) is 5.92 Å². The minimum atomic E-state index is -3.22. The lowest BCUT2D eigenvalue weighted by atomic mass is 10.0. The number of nitrogens with zero attached hydrogens (tertiary/aromatic N) is 7. The molecule has 1 fully saturated rings. The minimum absolute atomic E-state index is 0.248. The molecule has 1 aliphatic rings. The van der Waals surface area contributed by atoms with Gasteiger partial charge in [0.1, 0.15) is 0 Å². The quantitative estimate of drug-likeness (QED) is 0.392. The summed E-state index contributed by atoms with van der Waals surface area (Å²) in [7, 11) is -1.14. The van der Waals surface area contributed by atoms with E-state index < -0.39 is 9.84 Å². The van der Waals surface area contributed by atoms with Crippen LogP contribution < -0.4 is 9.80 Å². The van der Waals surface area contributed by atoms with Crippen LogP contribution in [0.4, 0.5) is 11.1 Å². The number of aromatic nitrogens is 5. The highest BCUT2D eigenvalue weighted by molar-refractivity contribution is 7.90. The molecule has 0 saturated carbocycles. The first-order valence-electron chi connectivity index (χ1n) is 11.2. The Kier molecular flexibility index (Phi) is 5.80. The Morgan fingerprint density at radius 3 is 2.44 bits per heavy atom. The van der Waals surface area contributed by atoms with Crippen molar-refractivity contribution in [3.05, 3.63) is 36.3 Å². The first-order valence-corrected chi connectivity index (χ1v) is 13.9. The molecular formula is C22H27N7O3S2. The standard InChI is InChI=1S/C22H27N7O3S2/c1-14(2)19-24-20(32-26-19)28-11-9-16(10-12-28)27(3)22-25-29-13-18(23-21(29)33-22)15-5-7-17(8-6-15)34(4,30)31/h5-8,13-14,16H,9-12H2,1-4H3. The van der Waals surface area contributed by atoms with Gasteiger partial charge in [-0.15, -0.1) is 5.10 Å². The van der Waals surface area contributed by atoms with Crippen LogP contribution in [-0.2, 0) is 9.84 Å². The average molecular weight is 502 g/mol. The van der Waals surface area contributed by atoms with Crippen molar-refractivity contribution in [2.45, 2.75) is 43.5 Å². The van der Waals surface area contributed by atoms with E-state index in [0.717, 1.165) is 53.1 Å². The molecule has 12 heteroatoms. The highest BCUT2D eigenvalue weighted by Crippen LogP contribution is 2.30. The summed E-state index contributed by atoms with van der Waals surface area (Å²) in [4.78, 5) is 14.7. The van der Waals surface area contributed by atoms with Crippen molar-refractivity contribution >= 4 is 37.3 Å². The van der Waals surface area contributed by atoms with Crippen LogP contribution in [0.5, 0.6) is 0 Å². The van der Waals surface area contributed by atoms with Gasteiger partial charge >= 0.3 is 6.01 Å². The molecule has 34 heavy (non-hydrogen) atoms. The van der Waals surface area contributed by atoms with Gasteiger partial charge in [-0.05, 0) is 25.0 Å². The second kappa shape index (κ2) is 8.66. The molecular weight excluding hydrogens is 474 g/mol. The summed E-state index contributed by atoms with van der Waals surface area (Å²) >= 11 is 1.54. The molecule has 10 nitrogen and oxygen atoms in total. The van der Waals surface area contributed by atoms with E-state index in [1.807, 2.05) is 6.20 Å². The van der Waals surface area contributed by atoms with Gasteiger partial charge in [0.2, 0.25) is 10.1 Å². The van der Waals surface area contributed by atoms with Crippen LogP contribution in [0.2, 0.25) is 0 Å². The highest BCUT2D eigenvalue weighted by atomic mass is 32.2. The largest absolute Gasteiger partial charge is 0.347 e. The Morgan fingerprint density at radius 2 is 1.85 bits per heavy atom. The highest BCUT2D eigenvalue weighted by Gasteiger charge is 2.27. The Balaban J connectivity index is 1.25. The van der Waals surface area contributed by atoms with Gasteiger partial charge in [0.25, 0.3) is 0 Å². The van der Waals surface area contributed by atoms with E-state index in [1.54, 1.807) is 40.1 Å². The van der Waals surface area contributed by atoms with E-state index in [0.29, 0.717) is 17.0 Å². The summed E-state index contributed by atoms with van der Waals surface area (Å²) in [6.45, 7) is 5.81. The molecule has 1 aliphatic heterocycles. The summed E-state index contributed by atoms with van der Waals surface area (Å²) in [6, 6.07) is 7.73. The number of piperidine rings is 1. The van der Waals surface area contributed by atoms with Gasteiger partial charge in [0.05, 0.1) is 16.8 Å². The van der Waals surface area contributed by atoms with Gasteiger partial charge in [0, 0.05) is 43.9 Å². The molecule has 0 radical (unpaired) electrons. The molecule has 3 aromatic heterocycles. The molecule has 4 heterocycles. The lowest BCUT2D eigenvalue weighted by Crippen LogP contribution is -2.43. The van der Waals surface area contributed by atoms with Crippen LogP contribution in [0.1, 0.15) is 38.4 Å². The molecule has 1 saturated heterocycles. The van der Waals surface area contributed by atoms with E-state index in [9.17, 15) is 8.42 Å². The number of anilines is 2. The zero-order valence-corrected chi connectivity index (χ0v) is 21.2. The van der Waals surface area contributed by atoms with Crippen LogP contribution in [-0.4, -0.2) is 65.6 Å². The van der Waals surface area contributed by atoms with Gasteiger partial charge < -0.3 is 14.3 Å². The van der Waals surface area contributed by atoms with Gasteiger partial charge in [-0.25, -0.2) is 17.9 Å². The van der Waals surface area contributed by atoms with Crippen LogP contribution in [0.3, 0.4) is 0 Å². The van der Waals surface area contributed by atoms with Gasteiger partial charge in [0.15, 0.2) is 15.7 Å². The van der Waals surface area contributed by atoms with Crippen molar-refractivity contribution in [1.29, 1.82) is 0 Å². The van der Waals surface area contributed by atoms with Crippen LogP contribution >= 0.6 is 11.3 Å². The first kappa shape index (κ1) is 22.8. The van der Waals surface area contributed by atoms with Crippen molar-refractivity contribution in [1.82, 2.24) is 24.7 Å². The van der Waals surface area contributed by atoms with E-state index in [2.05, 4.69) is 40.8 Å². The number of fused-ring (bicyclic) bond motifs is 1. The fraction of sp³-hybridized carbons (Fsp3) is 0.455. The summed E-state index contributed by atoms with van der Waals surface area (Å²) < 4.78 is 30.6. The molecule has 0 bridgehead atoms. The molecule has 0 spiro atoms. The normalized spacial score (nSPS) is 15.5. The maximum absolute atomic E-state index is 11.7. The number of hydrogen-bond acceptors (Lipinski definition) is 10. The number of imidazole rings is 1. The Labute approximate surface area is 202 Å². The summed E-state index contributed by atoms with van der Waals surface area (Å²) in [6.07, 6.45) is 5.02. The van der Waals surface area contributed by atoms with Gasteiger partial charge in [-0.2, -0.15) is 4.98 Å². The number of rotatable bonds is 6. The predicted molar refractivity (Wildman–Crippen MR) is 131 cm³/mol. The Hall–Kier alpha value is -2.99. The summed E-state index contributed by atoms with van der Waals surface area (Å²) in [5.41, 5.74) is 1.62. The number of hydrogen-bond donors (Lipinski definition) is 0.